The summed E-state index contributed by atoms with van der Waals surface area (Å²) in [4.78, 5) is 15.9. The normalized spacial score (nSPS) is 12.9. The molecule has 0 aliphatic rings. The van der Waals surface area contributed by atoms with Gasteiger partial charge in [0.15, 0.2) is 5.78 Å². The third-order valence-corrected chi connectivity index (χ3v) is 2.84. The van der Waals surface area contributed by atoms with Crippen LogP contribution >= 0.6 is 15.9 Å². The highest BCUT2D eigenvalue weighted by atomic mass is 79.9. The summed E-state index contributed by atoms with van der Waals surface area (Å²) in [6.45, 7) is 6.05. The Balaban J connectivity index is 2.89. The number of hydrogen-bond donors (Lipinski definition) is 0. The van der Waals surface area contributed by atoms with Gasteiger partial charge in [0.05, 0.1) is 0 Å². The Labute approximate surface area is 92.9 Å². The lowest BCUT2D eigenvalue weighted by Gasteiger charge is -2.13. The van der Waals surface area contributed by atoms with Gasteiger partial charge >= 0.3 is 0 Å². The molecule has 0 bridgehead atoms. The highest BCUT2D eigenvalue weighted by Crippen LogP contribution is 2.18. The molecule has 14 heavy (non-hydrogen) atoms. The predicted octanol–water partition coefficient (Wildman–Crippen LogP) is 3.32. The molecule has 0 spiro atoms. The van der Waals surface area contributed by atoms with Crippen molar-refractivity contribution in [3.05, 3.63) is 28.5 Å². The number of carbonyl (C=O) groups is 1. The number of rotatable bonds is 3. The van der Waals surface area contributed by atoms with E-state index < -0.39 is 0 Å². The van der Waals surface area contributed by atoms with E-state index in [2.05, 4.69) is 20.9 Å². The maximum atomic E-state index is 11.9. The topological polar surface area (TPSA) is 30.0 Å². The van der Waals surface area contributed by atoms with Crippen molar-refractivity contribution in [1.82, 2.24) is 4.98 Å². The maximum absolute atomic E-state index is 11.9. The van der Waals surface area contributed by atoms with Crippen molar-refractivity contribution >= 4 is 21.7 Å². The fourth-order valence-corrected chi connectivity index (χ4v) is 1.48. The molecule has 0 aliphatic heterocycles. The van der Waals surface area contributed by atoms with Crippen LogP contribution in [0.15, 0.2) is 22.9 Å². The molecule has 76 valence electrons. The van der Waals surface area contributed by atoms with Crippen molar-refractivity contribution in [2.45, 2.75) is 20.8 Å². The summed E-state index contributed by atoms with van der Waals surface area (Å²) in [6, 6.07) is 1.81. The van der Waals surface area contributed by atoms with E-state index in [0.717, 1.165) is 4.47 Å². The zero-order valence-electron chi connectivity index (χ0n) is 8.62. The van der Waals surface area contributed by atoms with Crippen molar-refractivity contribution in [3.63, 3.8) is 0 Å². The molecule has 0 fully saturated rings. The molecule has 1 rings (SSSR count). The number of pyridine rings is 1. The van der Waals surface area contributed by atoms with Crippen LogP contribution in [0.1, 0.15) is 31.1 Å². The first-order valence-electron chi connectivity index (χ1n) is 4.67. The summed E-state index contributed by atoms with van der Waals surface area (Å²) < 4.78 is 0.847. The standard InChI is InChI=1S/C11H14BrNO/c1-7(2)8(3)11(14)9-4-10(12)6-13-5-9/h4-8H,1-3H3. The molecule has 1 aromatic heterocycles. The predicted molar refractivity (Wildman–Crippen MR) is 60.3 cm³/mol. The van der Waals surface area contributed by atoms with Crippen molar-refractivity contribution in [3.8, 4) is 0 Å². The van der Waals surface area contributed by atoms with E-state index in [1.165, 1.54) is 0 Å². The molecular formula is C11H14BrNO. The summed E-state index contributed by atoms with van der Waals surface area (Å²) >= 11 is 3.30. The van der Waals surface area contributed by atoms with Gasteiger partial charge < -0.3 is 0 Å². The molecule has 0 aliphatic carbocycles. The average Bonchev–Trinajstić information content (AvgIpc) is 2.15. The van der Waals surface area contributed by atoms with E-state index in [4.69, 9.17) is 0 Å². The Bertz CT molecular complexity index is 336. The number of aromatic nitrogens is 1. The van der Waals surface area contributed by atoms with Crippen LogP contribution in [0.3, 0.4) is 0 Å². The highest BCUT2D eigenvalue weighted by molar-refractivity contribution is 9.10. The minimum Gasteiger partial charge on any atom is -0.294 e. The fourth-order valence-electron chi connectivity index (χ4n) is 1.11. The molecule has 1 unspecified atom stereocenters. The van der Waals surface area contributed by atoms with E-state index in [1.54, 1.807) is 12.4 Å². The summed E-state index contributed by atoms with van der Waals surface area (Å²) in [5.41, 5.74) is 0.681. The Morgan fingerprint density at radius 3 is 2.50 bits per heavy atom. The van der Waals surface area contributed by atoms with Crippen LogP contribution in [-0.2, 0) is 0 Å². The van der Waals surface area contributed by atoms with Gasteiger partial charge in [-0.05, 0) is 27.9 Å². The van der Waals surface area contributed by atoms with Crippen molar-refractivity contribution in [2.24, 2.45) is 11.8 Å². The van der Waals surface area contributed by atoms with Crippen LogP contribution in [0.4, 0.5) is 0 Å². The van der Waals surface area contributed by atoms with E-state index in [9.17, 15) is 4.79 Å². The van der Waals surface area contributed by atoms with Crippen LogP contribution in [0, 0.1) is 11.8 Å². The molecule has 0 saturated carbocycles. The third kappa shape index (κ3) is 2.64. The second kappa shape index (κ2) is 4.69. The lowest BCUT2D eigenvalue weighted by Crippen LogP contribution is -2.17. The van der Waals surface area contributed by atoms with Crippen LogP contribution in [0.2, 0.25) is 0 Å². The van der Waals surface area contributed by atoms with Crippen LogP contribution < -0.4 is 0 Å². The summed E-state index contributed by atoms with van der Waals surface area (Å²) in [5, 5.41) is 0. The van der Waals surface area contributed by atoms with Crippen molar-refractivity contribution < 1.29 is 4.79 Å². The number of nitrogens with zero attached hydrogens (tertiary/aromatic N) is 1. The van der Waals surface area contributed by atoms with E-state index >= 15 is 0 Å². The second-order valence-electron chi connectivity index (χ2n) is 3.79. The monoisotopic (exact) mass is 255 g/mol. The second-order valence-corrected chi connectivity index (χ2v) is 4.70. The van der Waals surface area contributed by atoms with Gasteiger partial charge in [-0.1, -0.05) is 20.8 Å². The Hall–Kier alpha value is -0.700. The maximum Gasteiger partial charge on any atom is 0.167 e. The smallest absolute Gasteiger partial charge is 0.167 e. The first-order chi connectivity index (χ1) is 6.52. The Morgan fingerprint density at radius 2 is 2.00 bits per heavy atom. The quantitative estimate of drug-likeness (QED) is 0.776. The van der Waals surface area contributed by atoms with Gasteiger partial charge in [0.25, 0.3) is 0 Å². The summed E-state index contributed by atoms with van der Waals surface area (Å²) in [7, 11) is 0. The van der Waals surface area contributed by atoms with Gasteiger partial charge in [0.2, 0.25) is 0 Å². The SMILES string of the molecule is CC(C)C(C)C(=O)c1cncc(Br)c1. The minimum atomic E-state index is 0.0473. The molecule has 2 nitrogen and oxygen atoms in total. The summed E-state index contributed by atoms with van der Waals surface area (Å²) in [6.07, 6.45) is 3.29. The first kappa shape index (κ1) is 11.4. The molecule has 0 radical (unpaired) electrons. The van der Waals surface area contributed by atoms with Crippen molar-refractivity contribution in [1.29, 1.82) is 0 Å². The molecule has 1 atom stereocenters. The minimum absolute atomic E-state index is 0.0473. The number of ketones is 1. The van der Waals surface area contributed by atoms with E-state index in [-0.39, 0.29) is 11.7 Å². The van der Waals surface area contributed by atoms with Gasteiger partial charge in [0, 0.05) is 28.3 Å². The number of carbonyl (C=O) groups excluding carboxylic acids is 1. The largest absolute Gasteiger partial charge is 0.294 e. The molecule has 1 aromatic rings. The molecule has 0 aromatic carbocycles. The first-order valence-corrected chi connectivity index (χ1v) is 5.46. The molecule has 0 saturated heterocycles. The van der Waals surface area contributed by atoms with Gasteiger partial charge in [-0.2, -0.15) is 0 Å². The number of halogens is 1. The third-order valence-electron chi connectivity index (χ3n) is 2.40. The average molecular weight is 256 g/mol. The molecule has 0 N–H and O–H groups in total. The zero-order chi connectivity index (χ0) is 10.7. The zero-order valence-corrected chi connectivity index (χ0v) is 10.2. The molecular weight excluding hydrogens is 242 g/mol. The van der Waals surface area contributed by atoms with Gasteiger partial charge in [-0.3, -0.25) is 9.78 Å². The fraction of sp³-hybridized carbons (Fsp3) is 0.455. The highest BCUT2D eigenvalue weighted by Gasteiger charge is 2.18. The molecule has 0 amide bonds. The Morgan fingerprint density at radius 1 is 1.36 bits per heavy atom. The number of Topliss-reactive ketones (excluding diaryl/α,β-unsaturated/α-hetero) is 1. The van der Waals surface area contributed by atoms with Crippen molar-refractivity contribution in [2.75, 3.05) is 0 Å². The van der Waals surface area contributed by atoms with Gasteiger partial charge in [0.1, 0.15) is 0 Å². The summed E-state index contributed by atoms with van der Waals surface area (Å²) in [5.74, 6) is 0.571. The van der Waals surface area contributed by atoms with Crippen LogP contribution in [-0.4, -0.2) is 10.8 Å². The Kier molecular flexibility index (Phi) is 3.81. The van der Waals surface area contributed by atoms with Gasteiger partial charge in [-0.15, -0.1) is 0 Å². The lowest BCUT2D eigenvalue weighted by molar-refractivity contribution is 0.0899. The van der Waals surface area contributed by atoms with E-state index in [0.29, 0.717) is 11.5 Å². The van der Waals surface area contributed by atoms with E-state index in [1.807, 2.05) is 26.8 Å². The number of hydrogen-bond acceptors (Lipinski definition) is 2. The molecule has 3 heteroatoms. The lowest BCUT2D eigenvalue weighted by atomic mass is 9.90. The van der Waals surface area contributed by atoms with Crippen LogP contribution in [0.25, 0.3) is 0 Å². The van der Waals surface area contributed by atoms with Gasteiger partial charge in [-0.25, -0.2) is 0 Å². The molecule has 1 heterocycles. The van der Waals surface area contributed by atoms with Crippen LogP contribution in [0.5, 0.6) is 0 Å².